The van der Waals surface area contributed by atoms with Crippen LogP contribution in [0.3, 0.4) is 0 Å². The van der Waals surface area contributed by atoms with Crippen LogP contribution in [0.15, 0.2) is 30.3 Å². The van der Waals surface area contributed by atoms with Crippen LogP contribution in [-0.2, 0) is 4.79 Å². The number of ether oxygens (including phenoxy) is 1. The van der Waals surface area contributed by atoms with Gasteiger partial charge in [0.2, 0.25) is 11.8 Å². The lowest BCUT2D eigenvalue weighted by atomic mass is 10.0. The third kappa shape index (κ3) is 3.36. The second-order valence-corrected chi connectivity index (χ2v) is 6.65. The minimum absolute atomic E-state index is 0.0170. The van der Waals surface area contributed by atoms with E-state index in [0.29, 0.717) is 36.5 Å². The van der Waals surface area contributed by atoms with Crippen LogP contribution in [-0.4, -0.2) is 59.9 Å². The van der Waals surface area contributed by atoms with Gasteiger partial charge >= 0.3 is 0 Å². The predicted octanol–water partition coefficient (Wildman–Crippen LogP) is 2.72. The van der Waals surface area contributed by atoms with Crippen molar-refractivity contribution in [3.8, 4) is 5.88 Å². The first kappa shape index (κ1) is 18.2. The molecular weight excluding hydrogens is 330 g/mol. The van der Waals surface area contributed by atoms with Gasteiger partial charge in [-0.25, -0.2) is 4.98 Å². The Kier molecular flexibility index (Phi) is 5.40. The summed E-state index contributed by atoms with van der Waals surface area (Å²) >= 11 is 0. The van der Waals surface area contributed by atoms with Gasteiger partial charge in [-0.1, -0.05) is 38.0 Å². The summed E-state index contributed by atoms with van der Waals surface area (Å²) < 4.78 is 5.27. The molecule has 26 heavy (non-hydrogen) atoms. The highest BCUT2D eigenvalue weighted by molar-refractivity contribution is 6.08. The van der Waals surface area contributed by atoms with Crippen LogP contribution < -0.4 is 4.74 Å². The Morgan fingerprint density at radius 2 is 2.08 bits per heavy atom. The maximum atomic E-state index is 13.4. The molecule has 0 spiro atoms. The topological polar surface area (TPSA) is 62.7 Å². The van der Waals surface area contributed by atoms with Gasteiger partial charge in [0, 0.05) is 31.6 Å². The summed E-state index contributed by atoms with van der Waals surface area (Å²) in [4.78, 5) is 33.9. The summed E-state index contributed by atoms with van der Waals surface area (Å²) in [6, 6.07) is 8.78. The van der Waals surface area contributed by atoms with Crippen LogP contribution in [0.1, 0.15) is 36.5 Å². The number of methoxy groups -OCH3 is 1. The molecule has 2 heterocycles. The van der Waals surface area contributed by atoms with Crippen molar-refractivity contribution in [1.29, 1.82) is 0 Å². The number of para-hydroxylation sites is 1. The maximum Gasteiger partial charge on any atom is 0.255 e. The van der Waals surface area contributed by atoms with Gasteiger partial charge in [-0.2, -0.15) is 0 Å². The Morgan fingerprint density at radius 1 is 1.31 bits per heavy atom. The summed E-state index contributed by atoms with van der Waals surface area (Å²) in [5.41, 5.74) is 1.24. The third-order valence-electron chi connectivity index (χ3n) is 4.94. The van der Waals surface area contributed by atoms with Crippen LogP contribution in [0.2, 0.25) is 0 Å². The Morgan fingerprint density at radius 3 is 2.81 bits per heavy atom. The molecule has 0 N–H and O–H groups in total. The summed E-state index contributed by atoms with van der Waals surface area (Å²) in [7, 11) is 3.34. The van der Waals surface area contributed by atoms with Crippen LogP contribution >= 0.6 is 0 Å². The van der Waals surface area contributed by atoms with Crippen molar-refractivity contribution in [3.63, 3.8) is 0 Å². The molecule has 0 unspecified atom stereocenters. The first-order valence-corrected chi connectivity index (χ1v) is 9.06. The zero-order valence-electron chi connectivity index (χ0n) is 15.6. The SMILES string of the molecule is CCCC[C@@H]1C(=O)N(C)CCN1C(=O)c1cc(OC)nc2ccccc12. The van der Waals surface area contributed by atoms with Gasteiger partial charge in [-0.05, 0) is 12.5 Å². The van der Waals surface area contributed by atoms with E-state index in [1.165, 1.54) is 7.11 Å². The smallest absolute Gasteiger partial charge is 0.255 e. The van der Waals surface area contributed by atoms with Gasteiger partial charge in [-0.3, -0.25) is 9.59 Å². The standard InChI is InChI=1S/C20H25N3O3/c1-4-5-10-17-20(25)22(2)11-12-23(17)19(24)15-13-18(26-3)21-16-9-7-6-8-14(15)16/h6-9,13,17H,4-5,10-12H2,1-3H3/t17-/m1/s1. The van der Waals surface area contributed by atoms with Crippen LogP contribution in [0, 0.1) is 0 Å². The van der Waals surface area contributed by atoms with Crippen molar-refractivity contribution >= 4 is 22.7 Å². The van der Waals surface area contributed by atoms with Crippen molar-refractivity contribution in [1.82, 2.24) is 14.8 Å². The number of likely N-dealkylation sites (N-methyl/N-ethyl adjacent to an activating group) is 1. The van der Waals surface area contributed by atoms with Gasteiger partial charge in [-0.15, -0.1) is 0 Å². The third-order valence-corrected chi connectivity index (χ3v) is 4.94. The van der Waals surface area contributed by atoms with E-state index in [1.54, 1.807) is 22.9 Å². The molecule has 1 fully saturated rings. The number of aromatic nitrogens is 1. The van der Waals surface area contributed by atoms with Gasteiger partial charge < -0.3 is 14.5 Å². The molecule has 3 rings (SSSR count). The lowest BCUT2D eigenvalue weighted by Crippen LogP contribution is -2.57. The summed E-state index contributed by atoms with van der Waals surface area (Å²) in [6.45, 7) is 3.17. The van der Waals surface area contributed by atoms with Gasteiger partial charge in [0.1, 0.15) is 6.04 Å². The molecule has 2 amide bonds. The van der Waals surface area contributed by atoms with E-state index in [9.17, 15) is 9.59 Å². The Hall–Kier alpha value is -2.63. The Balaban J connectivity index is 2.01. The molecule has 0 bridgehead atoms. The number of unbranched alkanes of at least 4 members (excludes halogenated alkanes) is 1. The number of pyridine rings is 1. The highest BCUT2D eigenvalue weighted by atomic mass is 16.5. The zero-order chi connectivity index (χ0) is 18.7. The van der Waals surface area contributed by atoms with Crippen LogP contribution in [0.5, 0.6) is 5.88 Å². The number of rotatable bonds is 5. The van der Waals surface area contributed by atoms with Gasteiger partial charge in [0.05, 0.1) is 18.2 Å². The summed E-state index contributed by atoms with van der Waals surface area (Å²) in [5, 5.41) is 0.777. The van der Waals surface area contributed by atoms with Crippen molar-refractivity contribution in [2.24, 2.45) is 0 Å². The van der Waals surface area contributed by atoms with Gasteiger partial charge in [0.25, 0.3) is 5.91 Å². The lowest BCUT2D eigenvalue weighted by Gasteiger charge is -2.39. The van der Waals surface area contributed by atoms with Crippen molar-refractivity contribution in [2.75, 3.05) is 27.2 Å². The molecule has 0 aliphatic carbocycles. The van der Waals surface area contributed by atoms with E-state index in [0.717, 1.165) is 18.2 Å². The minimum Gasteiger partial charge on any atom is -0.481 e. The second kappa shape index (κ2) is 7.72. The average Bonchev–Trinajstić information content (AvgIpc) is 2.67. The van der Waals surface area contributed by atoms with Gasteiger partial charge in [0.15, 0.2) is 0 Å². The summed E-state index contributed by atoms with van der Waals surface area (Å²) in [6.07, 6.45) is 2.58. The maximum absolute atomic E-state index is 13.4. The fourth-order valence-corrected chi connectivity index (χ4v) is 3.42. The van der Waals surface area contributed by atoms with Crippen LogP contribution in [0.4, 0.5) is 0 Å². The second-order valence-electron chi connectivity index (χ2n) is 6.65. The molecular formula is C20H25N3O3. The fourth-order valence-electron chi connectivity index (χ4n) is 3.42. The van der Waals surface area contributed by atoms with E-state index < -0.39 is 6.04 Å². The van der Waals surface area contributed by atoms with Crippen molar-refractivity contribution < 1.29 is 14.3 Å². The molecule has 2 aromatic rings. The molecule has 1 aliphatic heterocycles. The molecule has 0 radical (unpaired) electrons. The number of amides is 2. The first-order chi connectivity index (χ1) is 12.6. The molecule has 0 saturated carbocycles. The number of carbonyl (C=O) groups excluding carboxylic acids is 2. The van der Waals surface area contributed by atoms with Crippen LogP contribution in [0.25, 0.3) is 10.9 Å². The molecule has 1 saturated heterocycles. The Bertz CT molecular complexity index is 821. The van der Waals surface area contributed by atoms with E-state index in [2.05, 4.69) is 11.9 Å². The number of hydrogen-bond donors (Lipinski definition) is 0. The molecule has 1 atom stereocenters. The number of piperazine rings is 1. The molecule has 6 nitrogen and oxygen atoms in total. The minimum atomic E-state index is -0.404. The number of benzene rings is 1. The monoisotopic (exact) mass is 355 g/mol. The molecule has 138 valence electrons. The fraction of sp³-hybridized carbons (Fsp3) is 0.450. The van der Waals surface area contributed by atoms with E-state index in [1.807, 2.05) is 24.3 Å². The molecule has 1 aromatic heterocycles. The van der Waals surface area contributed by atoms with E-state index in [-0.39, 0.29) is 11.8 Å². The normalized spacial score (nSPS) is 17.7. The highest BCUT2D eigenvalue weighted by Crippen LogP contribution is 2.26. The molecule has 1 aromatic carbocycles. The number of hydrogen-bond acceptors (Lipinski definition) is 4. The highest BCUT2D eigenvalue weighted by Gasteiger charge is 2.36. The van der Waals surface area contributed by atoms with Crippen molar-refractivity contribution in [2.45, 2.75) is 32.2 Å². The average molecular weight is 355 g/mol. The lowest BCUT2D eigenvalue weighted by molar-refractivity contribution is -0.138. The van der Waals surface area contributed by atoms with E-state index >= 15 is 0 Å². The largest absolute Gasteiger partial charge is 0.481 e. The number of nitrogens with zero attached hydrogens (tertiary/aromatic N) is 3. The Labute approximate surface area is 153 Å². The molecule has 6 heteroatoms. The zero-order valence-corrected chi connectivity index (χ0v) is 15.6. The number of fused-ring (bicyclic) bond motifs is 1. The summed E-state index contributed by atoms with van der Waals surface area (Å²) in [5.74, 6) is 0.283. The van der Waals surface area contributed by atoms with Crippen molar-refractivity contribution in [3.05, 3.63) is 35.9 Å². The first-order valence-electron chi connectivity index (χ1n) is 9.06. The number of carbonyl (C=O) groups is 2. The predicted molar refractivity (Wildman–Crippen MR) is 100 cm³/mol. The quantitative estimate of drug-likeness (QED) is 0.827. The van der Waals surface area contributed by atoms with E-state index in [4.69, 9.17) is 4.74 Å². The molecule has 1 aliphatic rings.